The van der Waals surface area contributed by atoms with Gasteiger partial charge in [0, 0.05) is 29.8 Å². The molecule has 0 radical (unpaired) electrons. The van der Waals surface area contributed by atoms with Crippen molar-refractivity contribution in [3.8, 4) is 0 Å². The Morgan fingerprint density at radius 2 is 2.06 bits per heavy atom. The predicted octanol–water partition coefficient (Wildman–Crippen LogP) is 4.08. The van der Waals surface area contributed by atoms with Gasteiger partial charge in [0.05, 0.1) is 48.1 Å². The fourth-order valence-corrected chi connectivity index (χ4v) is 4.43. The lowest BCUT2D eigenvalue weighted by Crippen LogP contribution is -2.22. The number of halogens is 1. The zero-order valence-corrected chi connectivity index (χ0v) is 18.6. The molecule has 0 spiro atoms. The van der Waals surface area contributed by atoms with Crippen molar-refractivity contribution in [1.82, 2.24) is 33.9 Å². The van der Waals surface area contributed by atoms with Crippen molar-refractivity contribution in [1.29, 1.82) is 0 Å². The summed E-state index contributed by atoms with van der Waals surface area (Å²) in [5.41, 5.74) is 5.31. The van der Waals surface area contributed by atoms with Crippen LogP contribution in [0.5, 0.6) is 0 Å². The van der Waals surface area contributed by atoms with Crippen LogP contribution >= 0.6 is 11.6 Å². The summed E-state index contributed by atoms with van der Waals surface area (Å²) in [6.07, 6.45) is 14.9. The number of carbonyl (C=O) groups is 1. The number of imidazole rings is 2. The highest BCUT2D eigenvalue weighted by atomic mass is 35.5. The van der Waals surface area contributed by atoms with E-state index in [4.69, 9.17) is 16.6 Å². The molecule has 6 rings (SSSR count). The molecule has 0 aromatic carbocycles. The summed E-state index contributed by atoms with van der Waals surface area (Å²) >= 11 is 6.09. The number of nitrogens with zero attached hydrogens (tertiary/aromatic N) is 6. The third-order valence-electron chi connectivity index (χ3n) is 6.32. The second-order valence-corrected chi connectivity index (χ2v) is 8.96. The second-order valence-electron chi connectivity index (χ2n) is 8.53. The maximum atomic E-state index is 12.6. The molecule has 1 fully saturated rings. The number of rotatable bonds is 6. The predicted molar refractivity (Wildman–Crippen MR) is 124 cm³/mol. The minimum atomic E-state index is -0.204. The van der Waals surface area contributed by atoms with Crippen LogP contribution in [0.25, 0.3) is 11.2 Å². The highest BCUT2D eigenvalue weighted by Gasteiger charge is 2.20. The lowest BCUT2D eigenvalue weighted by Gasteiger charge is -2.25. The molecule has 5 heterocycles. The Labute approximate surface area is 194 Å². The van der Waals surface area contributed by atoms with Gasteiger partial charge in [-0.05, 0) is 42.5 Å². The second kappa shape index (κ2) is 8.04. The average molecular weight is 460 g/mol. The monoisotopic (exact) mass is 459 g/mol. The van der Waals surface area contributed by atoms with Crippen LogP contribution in [0.2, 0.25) is 5.02 Å². The first-order valence-electron chi connectivity index (χ1n) is 11.0. The summed E-state index contributed by atoms with van der Waals surface area (Å²) in [6.45, 7) is 0.800. The van der Waals surface area contributed by atoms with E-state index >= 15 is 0 Å². The molecular formula is C24H22ClN7O. The van der Waals surface area contributed by atoms with E-state index in [-0.39, 0.29) is 5.91 Å². The van der Waals surface area contributed by atoms with Crippen LogP contribution in [0.3, 0.4) is 0 Å². The number of amides is 1. The fourth-order valence-electron chi connectivity index (χ4n) is 4.27. The quantitative estimate of drug-likeness (QED) is 0.415. The zero-order valence-electron chi connectivity index (χ0n) is 17.9. The normalized spacial score (nSPS) is 14.1. The van der Waals surface area contributed by atoms with Gasteiger partial charge in [-0.3, -0.25) is 9.48 Å². The van der Waals surface area contributed by atoms with Crippen LogP contribution in [0.15, 0.2) is 61.6 Å². The molecule has 5 aromatic rings. The number of carbonyl (C=O) groups excluding carboxylic acids is 1. The Hall–Kier alpha value is -3.65. The summed E-state index contributed by atoms with van der Waals surface area (Å²) < 4.78 is 5.69. The van der Waals surface area contributed by atoms with E-state index < -0.39 is 0 Å². The van der Waals surface area contributed by atoms with Crippen molar-refractivity contribution in [2.75, 3.05) is 0 Å². The number of nitrogens with one attached hydrogen (secondary N) is 1. The highest BCUT2D eigenvalue weighted by Crippen LogP contribution is 2.36. The van der Waals surface area contributed by atoms with E-state index in [0.29, 0.717) is 29.6 Å². The molecule has 5 aromatic heterocycles. The van der Waals surface area contributed by atoms with E-state index in [2.05, 4.69) is 38.1 Å². The van der Waals surface area contributed by atoms with Crippen LogP contribution in [0.1, 0.15) is 52.5 Å². The largest absolute Gasteiger partial charge is 0.346 e. The molecule has 1 saturated carbocycles. The Kier molecular flexibility index (Phi) is 4.87. The summed E-state index contributed by atoms with van der Waals surface area (Å²) in [5.74, 6) is 0.481. The van der Waals surface area contributed by atoms with Crippen molar-refractivity contribution >= 4 is 28.7 Å². The van der Waals surface area contributed by atoms with E-state index in [1.807, 2.05) is 22.9 Å². The van der Waals surface area contributed by atoms with Crippen LogP contribution in [-0.4, -0.2) is 34.5 Å². The topological polar surface area (TPSA) is 81.5 Å². The Bertz CT molecular complexity index is 1480. The smallest absolute Gasteiger partial charge is 0.254 e. The lowest BCUT2D eigenvalue weighted by atomic mass is 9.81. The molecule has 33 heavy (non-hydrogen) atoms. The Morgan fingerprint density at radius 1 is 1.15 bits per heavy atom. The molecule has 166 valence electrons. The summed E-state index contributed by atoms with van der Waals surface area (Å²) in [7, 11) is 0. The van der Waals surface area contributed by atoms with Gasteiger partial charge in [0.2, 0.25) is 0 Å². The molecule has 8 nitrogen and oxygen atoms in total. The minimum Gasteiger partial charge on any atom is -0.346 e. The van der Waals surface area contributed by atoms with E-state index in [1.54, 1.807) is 29.5 Å². The van der Waals surface area contributed by atoms with E-state index in [9.17, 15) is 4.79 Å². The number of aromatic nitrogens is 6. The summed E-state index contributed by atoms with van der Waals surface area (Å²) in [4.78, 5) is 21.7. The van der Waals surface area contributed by atoms with Gasteiger partial charge in [0.15, 0.2) is 0 Å². The number of pyridine rings is 2. The molecule has 1 aliphatic carbocycles. The molecule has 0 unspecified atom stereocenters. The zero-order chi connectivity index (χ0) is 22.4. The Morgan fingerprint density at radius 3 is 2.91 bits per heavy atom. The lowest BCUT2D eigenvalue weighted by molar-refractivity contribution is 0.0950. The molecular weight excluding hydrogens is 438 g/mol. The van der Waals surface area contributed by atoms with Crippen LogP contribution in [0, 0.1) is 0 Å². The SMILES string of the molecule is O=C(NCc1ncn2ccc(Cl)cc12)c1cnn(Cc2cn3cc(C4CCC4)ccc3n2)c1. The van der Waals surface area contributed by atoms with Gasteiger partial charge in [-0.2, -0.15) is 5.10 Å². The van der Waals surface area contributed by atoms with Crippen LogP contribution in [0.4, 0.5) is 0 Å². The molecule has 0 bridgehead atoms. The number of hydrogen-bond acceptors (Lipinski definition) is 4. The molecule has 1 N–H and O–H groups in total. The first kappa shape index (κ1) is 20.0. The van der Waals surface area contributed by atoms with E-state index in [1.165, 1.54) is 24.8 Å². The van der Waals surface area contributed by atoms with Gasteiger partial charge in [0.25, 0.3) is 5.91 Å². The van der Waals surface area contributed by atoms with Crippen molar-refractivity contribution in [3.05, 3.63) is 89.1 Å². The van der Waals surface area contributed by atoms with Gasteiger partial charge in [0.1, 0.15) is 5.65 Å². The fraction of sp³-hybridized carbons (Fsp3) is 0.250. The molecule has 1 amide bonds. The van der Waals surface area contributed by atoms with Crippen molar-refractivity contribution in [2.45, 2.75) is 38.3 Å². The van der Waals surface area contributed by atoms with Crippen molar-refractivity contribution in [3.63, 3.8) is 0 Å². The molecule has 0 saturated heterocycles. The molecule has 1 aliphatic rings. The summed E-state index contributed by atoms with van der Waals surface area (Å²) in [6, 6.07) is 7.89. The number of fused-ring (bicyclic) bond motifs is 2. The maximum absolute atomic E-state index is 12.6. The van der Waals surface area contributed by atoms with Crippen molar-refractivity contribution in [2.24, 2.45) is 0 Å². The molecule has 0 aliphatic heterocycles. The molecule has 0 atom stereocenters. The average Bonchev–Trinajstić information content (AvgIpc) is 3.49. The third-order valence-corrected chi connectivity index (χ3v) is 6.55. The van der Waals surface area contributed by atoms with Gasteiger partial charge >= 0.3 is 0 Å². The molecule has 9 heteroatoms. The van der Waals surface area contributed by atoms with Gasteiger partial charge in [-0.15, -0.1) is 0 Å². The minimum absolute atomic E-state index is 0.204. The Balaban J connectivity index is 1.13. The highest BCUT2D eigenvalue weighted by molar-refractivity contribution is 6.30. The van der Waals surface area contributed by atoms with Crippen LogP contribution < -0.4 is 5.32 Å². The van der Waals surface area contributed by atoms with Crippen molar-refractivity contribution < 1.29 is 4.79 Å². The standard InChI is InChI=1S/C24H22ClN7O/c25-19-6-7-30-15-27-21(22(30)8-19)10-26-24(33)18-9-28-32(12-18)14-20-13-31-11-17(16-2-1-3-16)4-5-23(31)29-20/h4-9,11-13,15-16H,1-3,10,14H2,(H,26,33). The van der Waals surface area contributed by atoms with E-state index in [0.717, 1.165) is 22.6 Å². The third kappa shape index (κ3) is 3.87. The maximum Gasteiger partial charge on any atom is 0.254 e. The summed E-state index contributed by atoms with van der Waals surface area (Å²) in [5, 5.41) is 7.88. The first-order chi connectivity index (χ1) is 16.1. The van der Waals surface area contributed by atoms with Gasteiger partial charge in [-0.1, -0.05) is 24.1 Å². The van der Waals surface area contributed by atoms with Gasteiger partial charge < -0.3 is 14.1 Å². The van der Waals surface area contributed by atoms with Crippen LogP contribution in [-0.2, 0) is 13.1 Å². The first-order valence-corrected chi connectivity index (χ1v) is 11.4. The van der Waals surface area contributed by atoms with Gasteiger partial charge in [-0.25, -0.2) is 9.97 Å². The number of hydrogen-bond donors (Lipinski definition) is 1.